The summed E-state index contributed by atoms with van der Waals surface area (Å²) in [5.74, 6) is 1.79. The van der Waals surface area contributed by atoms with Crippen molar-refractivity contribution >= 4 is 11.3 Å². The summed E-state index contributed by atoms with van der Waals surface area (Å²) >= 11 is 0. The molecular formula is C30H38N2O2. The van der Waals surface area contributed by atoms with Gasteiger partial charge in [-0.3, -0.25) is 0 Å². The first-order chi connectivity index (χ1) is 16.0. The van der Waals surface area contributed by atoms with E-state index in [1.54, 1.807) is 14.2 Å². The molecule has 0 unspecified atom stereocenters. The molecule has 0 atom stereocenters. The number of nitrogens with one attached hydrogen (secondary N) is 2. The van der Waals surface area contributed by atoms with Gasteiger partial charge in [-0.25, -0.2) is 0 Å². The Labute approximate surface area is 204 Å². The van der Waals surface area contributed by atoms with Crippen molar-refractivity contribution in [3.8, 4) is 16.9 Å². The lowest BCUT2D eigenvalue weighted by Crippen LogP contribution is -2.32. The molecule has 1 heterocycles. The molecule has 180 valence electrons. The van der Waals surface area contributed by atoms with Crippen LogP contribution in [0.15, 0.2) is 60.0 Å². The fourth-order valence-electron chi connectivity index (χ4n) is 5.21. The lowest BCUT2D eigenvalue weighted by Gasteiger charge is -2.34. The first kappa shape index (κ1) is 24.0. The number of ether oxygens (including phenoxy) is 2. The normalized spacial score (nSPS) is 18.1. The predicted molar refractivity (Wildman–Crippen MR) is 143 cm³/mol. The second-order valence-corrected chi connectivity index (χ2v) is 10.8. The van der Waals surface area contributed by atoms with E-state index in [2.05, 4.69) is 101 Å². The van der Waals surface area contributed by atoms with Crippen molar-refractivity contribution in [1.29, 1.82) is 0 Å². The summed E-state index contributed by atoms with van der Waals surface area (Å²) in [6, 6.07) is 10.8. The molecule has 4 rings (SSSR count). The number of rotatable bonds is 6. The third-order valence-electron chi connectivity index (χ3n) is 6.70. The number of allylic oxidation sites excluding steroid dienone is 4. The minimum atomic E-state index is -0.0890. The highest BCUT2D eigenvalue weighted by molar-refractivity contribution is 5.88. The molecule has 2 N–H and O–H groups in total. The summed E-state index contributed by atoms with van der Waals surface area (Å²) in [6.45, 7) is 14.0. The molecule has 4 heteroatoms. The summed E-state index contributed by atoms with van der Waals surface area (Å²) < 4.78 is 11.5. The molecule has 0 saturated heterocycles. The molecule has 4 nitrogen and oxygen atoms in total. The van der Waals surface area contributed by atoms with Gasteiger partial charge in [-0.2, -0.15) is 0 Å². The van der Waals surface area contributed by atoms with Crippen molar-refractivity contribution in [2.75, 3.05) is 19.5 Å². The topological polar surface area (TPSA) is 42.5 Å². The highest BCUT2D eigenvalue weighted by Crippen LogP contribution is 2.43. The van der Waals surface area contributed by atoms with Crippen LogP contribution < -0.4 is 15.4 Å². The van der Waals surface area contributed by atoms with E-state index in [9.17, 15) is 0 Å². The summed E-state index contributed by atoms with van der Waals surface area (Å²) in [7, 11) is 3.48. The summed E-state index contributed by atoms with van der Waals surface area (Å²) in [4.78, 5) is 0. The third-order valence-corrected chi connectivity index (χ3v) is 6.70. The second kappa shape index (κ2) is 8.90. The number of hydrogen-bond donors (Lipinski definition) is 2. The van der Waals surface area contributed by atoms with Gasteiger partial charge < -0.3 is 20.1 Å². The SMILES string of the molecule is COC1=C(NCc2c(-c3cc(C)ccc3OC)ccc3c2C(C)=CC(C)(C)N3)CC(C)(C)C=C1. The van der Waals surface area contributed by atoms with Crippen molar-refractivity contribution < 1.29 is 9.47 Å². The van der Waals surface area contributed by atoms with Gasteiger partial charge in [0.25, 0.3) is 0 Å². The van der Waals surface area contributed by atoms with Crippen LogP contribution in [0.3, 0.4) is 0 Å². The smallest absolute Gasteiger partial charge is 0.137 e. The van der Waals surface area contributed by atoms with Gasteiger partial charge in [-0.1, -0.05) is 43.7 Å². The van der Waals surface area contributed by atoms with E-state index in [1.165, 1.54) is 33.5 Å². The zero-order valence-corrected chi connectivity index (χ0v) is 21.8. The summed E-state index contributed by atoms with van der Waals surface area (Å²) in [5, 5.41) is 7.47. The van der Waals surface area contributed by atoms with Gasteiger partial charge in [-0.05, 0) is 80.5 Å². The van der Waals surface area contributed by atoms with Crippen molar-refractivity contribution in [3.05, 3.63) is 76.7 Å². The van der Waals surface area contributed by atoms with Crippen molar-refractivity contribution in [2.45, 2.75) is 60.0 Å². The van der Waals surface area contributed by atoms with Gasteiger partial charge in [0.05, 0.1) is 25.5 Å². The molecule has 1 aliphatic heterocycles. The molecule has 0 spiro atoms. The van der Waals surface area contributed by atoms with Gasteiger partial charge in [0.15, 0.2) is 0 Å². The van der Waals surface area contributed by atoms with E-state index in [0.717, 1.165) is 29.2 Å². The molecule has 0 aromatic heterocycles. The number of anilines is 1. The average molecular weight is 459 g/mol. The van der Waals surface area contributed by atoms with Crippen LogP contribution in [0.4, 0.5) is 5.69 Å². The minimum absolute atomic E-state index is 0.0878. The van der Waals surface area contributed by atoms with Crippen LogP contribution in [0.5, 0.6) is 5.75 Å². The number of aryl methyl sites for hydroxylation is 1. The monoisotopic (exact) mass is 458 g/mol. The largest absolute Gasteiger partial charge is 0.496 e. The van der Waals surface area contributed by atoms with Gasteiger partial charge in [0.1, 0.15) is 11.5 Å². The van der Waals surface area contributed by atoms with Gasteiger partial charge in [0.2, 0.25) is 0 Å². The molecular weight excluding hydrogens is 420 g/mol. The van der Waals surface area contributed by atoms with Crippen LogP contribution in [-0.4, -0.2) is 19.8 Å². The Morgan fingerprint density at radius 3 is 2.44 bits per heavy atom. The molecule has 0 fully saturated rings. The van der Waals surface area contributed by atoms with Crippen LogP contribution in [0, 0.1) is 12.3 Å². The van der Waals surface area contributed by atoms with Gasteiger partial charge >= 0.3 is 0 Å². The van der Waals surface area contributed by atoms with E-state index in [1.807, 2.05) is 0 Å². The Hall–Kier alpha value is -3.14. The van der Waals surface area contributed by atoms with Crippen LogP contribution in [-0.2, 0) is 11.3 Å². The molecule has 1 aliphatic carbocycles. The zero-order chi connectivity index (χ0) is 24.7. The molecule has 2 aromatic carbocycles. The van der Waals surface area contributed by atoms with Crippen molar-refractivity contribution in [3.63, 3.8) is 0 Å². The number of benzene rings is 2. The molecule has 0 amide bonds. The predicted octanol–water partition coefficient (Wildman–Crippen LogP) is 7.21. The highest BCUT2D eigenvalue weighted by atomic mass is 16.5. The van der Waals surface area contributed by atoms with Crippen molar-refractivity contribution in [1.82, 2.24) is 5.32 Å². The number of hydrogen-bond acceptors (Lipinski definition) is 4. The first-order valence-electron chi connectivity index (χ1n) is 12.0. The van der Waals surface area contributed by atoms with Crippen LogP contribution in [0.2, 0.25) is 0 Å². The summed E-state index contributed by atoms with van der Waals surface area (Å²) in [5.41, 5.74) is 9.62. The maximum absolute atomic E-state index is 5.78. The maximum atomic E-state index is 5.78. The fraction of sp³-hybridized carbons (Fsp3) is 0.400. The molecule has 0 saturated carbocycles. The number of fused-ring (bicyclic) bond motifs is 1. The van der Waals surface area contributed by atoms with Crippen LogP contribution in [0.1, 0.15) is 57.7 Å². The Balaban J connectivity index is 1.86. The second-order valence-electron chi connectivity index (χ2n) is 10.8. The lowest BCUT2D eigenvalue weighted by atomic mass is 9.83. The Morgan fingerprint density at radius 2 is 1.74 bits per heavy atom. The van der Waals surface area contributed by atoms with Crippen LogP contribution in [0.25, 0.3) is 16.7 Å². The molecule has 0 radical (unpaired) electrons. The van der Waals surface area contributed by atoms with Crippen molar-refractivity contribution in [2.24, 2.45) is 5.41 Å². The van der Waals surface area contributed by atoms with E-state index in [0.29, 0.717) is 6.54 Å². The van der Waals surface area contributed by atoms with Crippen LogP contribution >= 0.6 is 0 Å². The molecule has 2 aliphatic rings. The van der Waals surface area contributed by atoms with E-state index < -0.39 is 0 Å². The van der Waals surface area contributed by atoms with E-state index >= 15 is 0 Å². The van der Waals surface area contributed by atoms with Gasteiger partial charge in [-0.15, -0.1) is 0 Å². The quantitative estimate of drug-likeness (QED) is 0.480. The lowest BCUT2D eigenvalue weighted by molar-refractivity contribution is 0.284. The average Bonchev–Trinajstić information content (AvgIpc) is 2.76. The number of methoxy groups -OCH3 is 2. The standard InChI is InChI=1S/C30H38N2O2/c1-19-9-12-26(33-7)22(15-19)21-10-11-24-28(20(2)16-30(5,6)32-24)23(21)18-31-25-17-29(3,4)14-13-27(25)34-8/h9-16,31-32H,17-18H2,1-8H3. The first-order valence-corrected chi connectivity index (χ1v) is 12.0. The van der Waals surface area contributed by atoms with E-state index in [-0.39, 0.29) is 11.0 Å². The molecule has 0 bridgehead atoms. The summed E-state index contributed by atoms with van der Waals surface area (Å²) in [6.07, 6.45) is 7.54. The minimum Gasteiger partial charge on any atom is -0.496 e. The van der Waals surface area contributed by atoms with Gasteiger partial charge in [0, 0.05) is 23.4 Å². The Bertz CT molecular complexity index is 1200. The molecule has 34 heavy (non-hydrogen) atoms. The fourth-order valence-corrected chi connectivity index (χ4v) is 5.21. The third kappa shape index (κ3) is 4.72. The Kier molecular flexibility index (Phi) is 6.28. The van der Waals surface area contributed by atoms with E-state index in [4.69, 9.17) is 9.47 Å². The molecule has 2 aromatic rings. The highest BCUT2D eigenvalue weighted by Gasteiger charge is 2.28. The zero-order valence-electron chi connectivity index (χ0n) is 21.8. The Morgan fingerprint density at radius 1 is 0.971 bits per heavy atom. The maximum Gasteiger partial charge on any atom is 0.137 e.